The summed E-state index contributed by atoms with van der Waals surface area (Å²) in [4.78, 5) is 24.9. The number of hydrogen-bond acceptors (Lipinski definition) is 7. The summed E-state index contributed by atoms with van der Waals surface area (Å²) in [6.07, 6.45) is 1.59. The van der Waals surface area contributed by atoms with Crippen LogP contribution in [0.1, 0.15) is 13.8 Å². The topological polar surface area (TPSA) is 122 Å². The highest BCUT2D eigenvalue weighted by molar-refractivity contribution is 7.89. The predicted molar refractivity (Wildman–Crippen MR) is 104 cm³/mol. The average molecular weight is 390 g/mol. The van der Waals surface area contributed by atoms with E-state index in [1.807, 2.05) is 25.8 Å². The van der Waals surface area contributed by atoms with Crippen LogP contribution in [0.2, 0.25) is 0 Å². The van der Waals surface area contributed by atoms with Crippen LogP contribution in [-0.4, -0.2) is 44.4 Å². The first-order valence-corrected chi connectivity index (χ1v) is 9.91. The number of nitrogens with one attached hydrogen (secondary N) is 1. The normalized spacial score (nSPS) is 17.3. The van der Waals surface area contributed by atoms with Gasteiger partial charge >= 0.3 is 0 Å². The van der Waals surface area contributed by atoms with Crippen molar-refractivity contribution in [3.63, 3.8) is 0 Å². The second kappa shape index (κ2) is 6.78. The number of benzene rings is 1. The molecule has 0 fully saturated rings. The van der Waals surface area contributed by atoms with Crippen LogP contribution < -0.4 is 20.3 Å². The predicted octanol–water partition coefficient (Wildman–Crippen LogP) is 1.30. The summed E-state index contributed by atoms with van der Waals surface area (Å²) in [5.74, 6) is 1.11. The van der Waals surface area contributed by atoms with Crippen LogP contribution in [0.15, 0.2) is 35.4 Å². The number of fused-ring (bicyclic) bond motifs is 1. The van der Waals surface area contributed by atoms with E-state index in [9.17, 15) is 13.2 Å². The third-order valence-corrected chi connectivity index (χ3v) is 5.45. The number of carbonyl (C=O) groups is 1. The zero-order valence-electron chi connectivity index (χ0n) is 15.5. The van der Waals surface area contributed by atoms with Crippen LogP contribution >= 0.6 is 0 Å². The summed E-state index contributed by atoms with van der Waals surface area (Å²) in [5, 5.41) is 8.14. The molecule has 2 heterocycles. The van der Waals surface area contributed by atoms with Crippen molar-refractivity contribution in [1.82, 2.24) is 9.97 Å². The number of nitrogens with two attached hydrogens (primary N) is 1. The summed E-state index contributed by atoms with van der Waals surface area (Å²) in [6, 6.07) is 5.67. The lowest BCUT2D eigenvalue weighted by Crippen LogP contribution is -2.53. The molecule has 1 aliphatic rings. The maximum absolute atomic E-state index is 12.6. The maximum atomic E-state index is 12.6. The Bertz CT molecular complexity index is 975. The lowest BCUT2D eigenvalue weighted by molar-refractivity contribution is -0.120. The van der Waals surface area contributed by atoms with Gasteiger partial charge in [0, 0.05) is 19.8 Å². The Hall–Kier alpha value is -2.72. The Balaban J connectivity index is 1.91. The molecule has 1 aliphatic heterocycles. The molecule has 0 spiro atoms. The molecule has 3 rings (SSSR count). The molecule has 3 N–H and O–H groups in total. The molecule has 10 heteroatoms. The number of aromatic nitrogens is 2. The Labute approximate surface area is 158 Å². The lowest BCUT2D eigenvalue weighted by Gasteiger charge is -2.40. The summed E-state index contributed by atoms with van der Waals surface area (Å²) >= 11 is 0. The van der Waals surface area contributed by atoms with Crippen LogP contribution in [0.5, 0.6) is 0 Å². The molecule has 0 aliphatic carbocycles. The van der Waals surface area contributed by atoms with Crippen molar-refractivity contribution in [3.05, 3.63) is 30.5 Å². The number of sulfonamides is 1. The molecule has 0 saturated carbocycles. The Kier molecular flexibility index (Phi) is 4.79. The Morgan fingerprint density at radius 2 is 1.81 bits per heavy atom. The van der Waals surface area contributed by atoms with Crippen LogP contribution in [0.25, 0.3) is 0 Å². The molecule has 2 aromatic rings. The van der Waals surface area contributed by atoms with E-state index in [2.05, 4.69) is 15.3 Å². The molecule has 0 bridgehead atoms. The van der Waals surface area contributed by atoms with Gasteiger partial charge in [-0.3, -0.25) is 4.79 Å². The van der Waals surface area contributed by atoms with Crippen LogP contribution in [0.4, 0.5) is 23.1 Å². The first kappa shape index (κ1) is 19.1. The number of hydrogen-bond donors (Lipinski definition) is 2. The molecule has 0 radical (unpaired) electrons. The zero-order valence-corrected chi connectivity index (χ0v) is 16.4. The Morgan fingerprint density at radius 3 is 2.37 bits per heavy atom. The largest absolute Gasteiger partial charge is 0.345 e. The van der Waals surface area contributed by atoms with E-state index >= 15 is 0 Å². The van der Waals surface area contributed by atoms with Crippen molar-refractivity contribution in [2.45, 2.75) is 24.8 Å². The number of rotatable bonds is 4. The third kappa shape index (κ3) is 3.58. The zero-order chi connectivity index (χ0) is 19.9. The minimum atomic E-state index is -3.74. The molecule has 1 amide bonds. The van der Waals surface area contributed by atoms with Crippen molar-refractivity contribution in [3.8, 4) is 0 Å². The molecule has 0 saturated heterocycles. The number of carbonyl (C=O) groups excluding carboxylic acids is 1. The molecule has 27 heavy (non-hydrogen) atoms. The van der Waals surface area contributed by atoms with Gasteiger partial charge in [0.05, 0.1) is 11.1 Å². The van der Waals surface area contributed by atoms with E-state index in [4.69, 9.17) is 5.14 Å². The first-order chi connectivity index (χ1) is 12.6. The van der Waals surface area contributed by atoms with Crippen molar-refractivity contribution in [1.29, 1.82) is 0 Å². The number of amides is 1. The van der Waals surface area contributed by atoms with Gasteiger partial charge in [-0.25, -0.2) is 18.5 Å². The van der Waals surface area contributed by atoms with Crippen molar-refractivity contribution in [2.75, 3.05) is 29.2 Å². The maximum Gasteiger partial charge on any atom is 0.249 e. The van der Waals surface area contributed by atoms with E-state index in [-0.39, 0.29) is 22.8 Å². The SMILES string of the molecule is CC(C)C1C(=O)N(C)c2cnc(Nc3ccc(S(N)(=O)=O)cc3)nc2N1C. The monoisotopic (exact) mass is 390 g/mol. The number of nitrogens with zero attached hydrogens (tertiary/aromatic N) is 4. The van der Waals surface area contributed by atoms with E-state index in [1.54, 1.807) is 30.3 Å². The molecule has 1 aromatic heterocycles. The van der Waals surface area contributed by atoms with Gasteiger partial charge in [-0.05, 0) is 30.2 Å². The molecular formula is C17H22N6O3S. The quantitative estimate of drug-likeness (QED) is 0.807. The fourth-order valence-electron chi connectivity index (χ4n) is 3.13. The van der Waals surface area contributed by atoms with Gasteiger partial charge in [-0.2, -0.15) is 4.98 Å². The summed E-state index contributed by atoms with van der Waals surface area (Å²) < 4.78 is 22.7. The average Bonchev–Trinajstić information content (AvgIpc) is 2.59. The van der Waals surface area contributed by atoms with Gasteiger partial charge in [-0.1, -0.05) is 13.8 Å². The highest BCUT2D eigenvalue weighted by Gasteiger charge is 2.37. The van der Waals surface area contributed by atoms with Crippen molar-refractivity contribution in [2.24, 2.45) is 11.1 Å². The second-order valence-corrected chi connectivity index (χ2v) is 8.36. The fourth-order valence-corrected chi connectivity index (χ4v) is 3.64. The lowest BCUT2D eigenvalue weighted by atomic mass is 9.99. The molecule has 1 unspecified atom stereocenters. The standard InChI is InChI=1S/C17H22N6O3S/c1-10(2)14-16(24)22(3)13-9-19-17(21-15(13)23(14)4)20-11-5-7-12(8-6-11)27(18,25)26/h5-10,14H,1-4H3,(H2,18,25,26)(H,19,20,21). The van der Waals surface area contributed by atoms with Gasteiger partial charge < -0.3 is 15.1 Å². The van der Waals surface area contributed by atoms with E-state index < -0.39 is 10.0 Å². The van der Waals surface area contributed by atoms with E-state index in [1.165, 1.54) is 12.1 Å². The highest BCUT2D eigenvalue weighted by Crippen LogP contribution is 2.35. The number of anilines is 4. The molecule has 9 nitrogen and oxygen atoms in total. The number of likely N-dealkylation sites (N-methyl/N-ethyl adjacent to an activating group) is 2. The molecule has 1 atom stereocenters. The first-order valence-electron chi connectivity index (χ1n) is 8.37. The van der Waals surface area contributed by atoms with Crippen molar-refractivity contribution >= 4 is 39.1 Å². The van der Waals surface area contributed by atoms with Gasteiger partial charge in [0.25, 0.3) is 0 Å². The summed E-state index contributed by atoms with van der Waals surface area (Å²) in [6.45, 7) is 3.98. The van der Waals surface area contributed by atoms with Crippen LogP contribution in [0, 0.1) is 5.92 Å². The minimum absolute atomic E-state index is 0.00268. The van der Waals surface area contributed by atoms with Crippen LogP contribution in [-0.2, 0) is 14.8 Å². The van der Waals surface area contributed by atoms with E-state index in [0.29, 0.717) is 23.1 Å². The number of primary sulfonamides is 1. The molecule has 144 valence electrons. The van der Waals surface area contributed by atoms with Gasteiger partial charge in [0.1, 0.15) is 11.7 Å². The molecule has 1 aromatic carbocycles. The summed E-state index contributed by atoms with van der Waals surface area (Å²) in [5.41, 5.74) is 1.25. The van der Waals surface area contributed by atoms with Crippen LogP contribution in [0.3, 0.4) is 0 Å². The van der Waals surface area contributed by atoms with Gasteiger partial charge in [0.2, 0.25) is 21.9 Å². The fraction of sp³-hybridized carbons (Fsp3) is 0.353. The second-order valence-electron chi connectivity index (χ2n) is 6.79. The van der Waals surface area contributed by atoms with E-state index in [0.717, 1.165) is 0 Å². The Morgan fingerprint density at radius 1 is 1.19 bits per heavy atom. The minimum Gasteiger partial charge on any atom is -0.345 e. The van der Waals surface area contributed by atoms with Gasteiger partial charge in [0.15, 0.2) is 5.82 Å². The van der Waals surface area contributed by atoms with Gasteiger partial charge in [-0.15, -0.1) is 0 Å². The smallest absolute Gasteiger partial charge is 0.249 e. The summed E-state index contributed by atoms with van der Waals surface area (Å²) in [7, 11) is -0.187. The third-order valence-electron chi connectivity index (χ3n) is 4.52. The molecular weight excluding hydrogens is 368 g/mol. The highest BCUT2D eigenvalue weighted by atomic mass is 32.2. The van der Waals surface area contributed by atoms with Crippen molar-refractivity contribution < 1.29 is 13.2 Å².